The van der Waals surface area contributed by atoms with Crippen molar-refractivity contribution in [2.75, 3.05) is 14.2 Å². The standard InChI is InChI=1S/C50H60F6O9/c1-28(2)38(65-41(59)48(62-10,50(54,55)56)30-19-15-12-16-20-30)33-26-45(7,60)39-34(63-33)25-43(5)35-23-21-31-32(46(35,8)36(57)27-44(39,43)6)22-24-37(42(31,3)4)64-40(58)47(61-9,49(51,52)53)29-17-13-11-14-18-29/h11-21,32-35,37-39,60H,1,22-27H2,2-10H3/t32-,33-,34-,35+,37+,38+,39+,43+,44-,45+,46+,47+,48+/m1/s1. The van der Waals surface area contributed by atoms with Gasteiger partial charge in [0.25, 0.3) is 11.2 Å². The van der Waals surface area contributed by atoms with Crippen molar-refractivity contribution in [3.63, 3.8) is 0 Å². The van der Waals surface area contributed by atoms with Crippen LogP contribution in [0.5, 0.6) is 0 Å². The van der Waals surface area contributed by atoms with Crippen LogP contribution in [0.4, 0.5) is 26.3 Å². The molecule has 5 aliphatic rings. The summed E-state index contributed by atoms with van der Waals surface area (Å²) in [6, 6.07) is 13.1. The number of carbonyl (C=O) groups excluding carboxylic acids is 3. The first-order valence-corrected chi connectivity index (χ1v) is 22.1. The summed E-state index contributed by atoms with van der Waals surface area (Å²) in [4.78, 5) is 42.8. The summed E-state index contributed by atoms with van der Waals surface area (Å²) in [6.07, 6.45) is -11.4. The number of aliphatic hydroxyl groups is 1. The lowest BCUT2D eigenvalue weighted by molar-refractivity contribution is -0.282. The quantitative estimate of drug-likeness (QED) is 0.141. The highest BCUT2D eigenvalue weighted by atomic mass is 19.4. The molecule has 15 heteroatoms. The first kappa shape index (κ1) is 48.9. The van der Waals surface area contributed by atoms with Gasteiger partial charge in [-0.3, -0.25) is 4.79 Å². The molecule has 0 spiro atoms. The van der Waals surface area contributed by atoms with E-state index in [9.17, 15) is 41.0 Å². The summed E-state index contributed by atoms with van der Waals surface area (Å²) < 4.78 is 118. The van der Waals surface area contributed by atoms with E-state index in [2.05, 4.69) is 13.5 Å². The fraction of sp³-hybridized carbons (Fsp3) is 0.620. The van der Waals surface area contributed by atoms with E-state index >= 15 is 4.79 Å². The molecule has 1 heterocycles. The Bertz CT molecular complexity index is 2220. The molecular formula is C50H60F6O9. The molecule has 13 atom stereocenters. The summed E-state index contributed by atoms with van der Waals surface area (Å²) in [5.74, 6) is -4.59. The minimum atomic E-state index is -5.23. The van der Waals surface area contributed by atoms with Gasteiger partial charge in [0.1, 0.15) is 24.1 Å². The van der Waals surface area contributed by atoms with E-state index in [4.69, 9.17) is 23.7 Å². The van der Waals surface area contributed by atoms with E-state index in [1.165, 1.54) is 55.5 Å². The van der Waals surface area contributed by atoms with Crippen molar-refractivity contribution >= 4 is 17.7 Å². The first-order valence-electron chi connectivity index (χ1n) is 22.1. The van der Waals surface area contributed by atoms with Crippen LogP contribution in [0, 0.1) is 39.4 Å². The Hall–Kier alpha value is -4.05. The van der Waals surface area contributed by atoms with Crippen LogP contribution in [0.2, 0.25) is 0 Å². The molecule has 1 aliphatic heterocycles. The van der Waals surface area contributed by atoms with Gasteiger partial charge in [-0.2, -0.15) is 26.3 Å². The van der Waals surface area contributed by atoms with Crippen molar-refractivity contribution < 1.29 is 69.5 Å². The van der Waals surface area contributed by atoms with Crippen LogP contribution >= 0.6 is 0 Å². The Morgan fingerprint density at radius 3 is 1.82 bits per heavy atom. The number of allylic oxidation sites excluding steroid dienone is 1. The zero-order valence-corrected chi connectivity index (χ0v) is 38.3. The Morgan fingerprint density at radius 1 is 0.800 bits per heavy atom. The number of fused-ring (bicyclic) bond motifs is 7. The third kappa shape index (κ3) is 6.97. The highest BCUT2D eigenvalue weighted by Crippen LogP contribution is 2.75. The number of ether oxygens (including phenoxy) is 5. The number of carbonyl (C=O) groups is 3. The van der Waals surface area contributed by atoms with Crippen molar-refractivity contribution in [3.8, 4) is 0 Å². The Kier molecular flexibility index (Phi) is 12.1. The van der Waals surface area contributed by atoms with Crippen LogP contribution in [0.25, 0.3) is 0 Å². The van der Waals surface area contributed by atoms with Crippen LogP contribution < -0.4 is 0 Å². The molecule has 3 saturated carbocycles. The Morgan fingerprint density at radius 2 is 1.32 bits per heavy atom. The third-order valence-electron chi connectivity index (χ3n) is 16.8. The van der Waals surface area contributed by atoms with Gasteiger partial charge in [0, 0.05) is 54.9 Å². The fourth-order valence-electron chi connectivity index (χ4n) is 13.5. The Balaban J connectivity index is 1.18. The van der Waals surface area contributed by atoms with E-state index in [0.717, 1.165) is 31.9 Å². The number of halogens is 6. The largest absolute Gasteiger partial charge is 0.459 e. The minimum absolute atomic E-state index is 0.0276. The van der Waals surface area contributed by atoms with Gasteiger partial charge in [0.15, 0.2) is 0 Å². The van der Waals surface area contributed by atoms with Crippen LogP contribution in [0.15, 0.2) is 84.5 Å². The summed E-state index contributed by atoms with van der Waals surface area (Å²) in [7, 11) is 1.60. The SMILES string of the molecule is C=C(C)[C@H](OC(=O)[C@@](OC)(c1ccccc1)C(F)(F)F)[C@H]1C[C@](C)(O)[C@H]2[C@@H](C[C@@]3(C)[C@@H]4CC=C5[C@@H](CC[C@H](OC(=O)[C@@](OC)(c6ccccc6)C(F)(F)F)C5(C)C)[C@]4(C)C(=O)C[C@]23C)O1. The summed E-state index contributed by atoms with van der Waals surface area (Å²) in [5, 5.41) is 12.5. The van der Waals surface area contributed by atoms with Gasteiger partial charge < -0.3 is 28.8 Å². The van der Waals surface area contributed by atoms with Gasteiger partial charge in [0.05, 0.1) is 11.7 Å². The summed E-state index contributed by atoms with van der Waals surface area (Å²) in [5.41, 5.74) is -11.7. The highest BCUT2D eigenvalue weighted by Gasteiger charge is 2.76. The third-order valence-corrected chi connectivity index (χ3v) is 16.8. The van der Waals surface area contributed by atoms with E-state index in [1.807, 2.05) is 33.8 Å². The number of hydrogen-bond acceptors (Lipinski definition) is 9. The zero-order chi connectivity index (χ0) is 48.1. The van der Waals surface area contributed by atoms with Crippen molar-refractivity contribution in [3.05, 3.63) is 95.6 Å². The molecule has 1 saturated heterocycles. The van der Waals surface area contributed by atoms with Gasteiger partial charge in [-0.15, -0.1) is 0 Å². The van der Waals surface area contributed by atoms with Gasteiger partial charge in [-0.05, 0) is 67.8 Å². The van der Waals surface area contributed by atoms with E-state index in [1.54, 1.807) is 6.92 Å². The smallest absolute Gasteiger partial charge is 0.432 e. The second-order valence-corrected chi connectivity index (χ2v) is 20.5. The molecule has 1 N–H and O–H groups in total. The molecular weight excluding hydrogens is 859 g/mol. The zero-order valence-electron chi connectivity index (χ0n) is 38.3. The maximum absolute atomic E-state index is 15.0. The number of benzene rings is 2. The number of Topliss-reactive ketones (excluding diaryl/α,β-unsaturated/α-hetero) is 1. The van der Waals surface area contributed by atoms with Crippen molar-refractivity contribution in [2.45, 2.75) is 141 Å². The topological polar surface area (TPSA) is 118 Å². The van der Waals surface area contributed by atoms with E-state index < -0.39 is 104 Å². The van der Waals surface area contributed by atoms with Crippen molar-refractivity contribution in [1.82, 2.24) is 0 Å². The molecule has 2 aromatic carbocycles. The monoisotopic (exact) mass is 918 g/mol. The molecule has 0 aromatic heterocycles. The maximum atomic E-state index is 15.0. The highest BCUT2D eigenvalue weighted by molar-refractivity contribution is 5.88. The molecule has 0 unspecified atom stereocenters. The van der Waals surface area contributed by atoms with E-state index in [0.29, 0.717) is 19.3 Å². The lowest BCUT2D eigenvalue weighted by Crippen LogP contribution is -2.65. The number of hydrogen-bond donors (Lipinski definition) is 1. The molecule has 4 aliphatic carbocycles. The first-order chi connectivity index (χ1) is 30.1. The Labute approximate surface area is 376 Å². The molecule has 0 bridgehead atoms. The summed E-state index contributed by atoms with van der Waals surface area (Å²) >= 11 is 0. The van der Waals surface area contributed by atoms with E-state index in [-0.39, 0.29) is 42.5 Å². The second-order valence-electron chi connectivity index (χ2n) is 20.5. The van der Waals surface area contributed by atoms with Crippen molar-refractivity contribution in [2.24, 2.45) is 39.4 Å². The predicted octanol–water partition coefficient (Wildman–Crippen LogP) is 9.90. The number of rotatable bonds is 10. The molecule has 0 amide bonds. The number of methoxy groups -OCH3 is 2. The minimum Gasteiger partial charge on any atom is -0.459 e. The lowest BCUT2D eigenvalue weighted by Gasteiger charge is -2.65. The number of ketones is 1. The molecule has 2 aromatic rings. The lowest BCUT2D eigenvalue weighted by atomic mass is 9.38. The summed E-state index contributed by atoms with van der Waals surface area (Å²) in [6.45, 7) is 16.8. The normalized spacial score (nSPS) is 36.6. The van der Waals surface area contributed by atoms with Gasteiger partial charge in [-0.25, -0.2) is 9.59 Å². The van der Waals surface area contributed by atoms with Crippen LogP contribution in [-0.2, 0) is 49.3 Å². The van der Waals surface area contributed by atoms with Crippen molar-refractivity contribution in [1.29, 1.82) is 0 Å². The second kappa shape index (κ2) is 16.0. The van der Waals surface area contributed by atoms with Crippen LogP contribution in [0.3, 0.4) is 0 Å². The van der Waals surface area contributed by atoms with Gasteiger partial charge in [-0.1, -0.05) is 114 Å². The maximum Gasteiger partial charge on any atom is 0.432 e. The number of alkyl halides is 6. The molecule has 7 rings (SSSR count). The number of esters is 2. The average Bonchev–Trinajstić information content (AvgIpc) is 3.44. The average molecular weight is 919 g/mol. The van der Waals surface area contributed by atoms with Gasteiger partial charge in [0.2, 0.25) is 0 Å². The molecule has 356 valence electrons. The van der Waals surface area contributed by atoms with Crippen LogP contribution in [0.1, 0.15) is 98.1 Å². The predicted molar refractivity (Wildman–Crippen MR) is 226 cm³/mol. The van der Waals surface area contributed by atoms with Gasteiger partial charge >= 0.3 is 24.3 Å². The van der Waals surface area contributed by atoms with Crippen LogP contribution in [-0.4, -0.2) is 79.4 Å². The molecule has 0 radical (unpaired) electrons. The fourth-order valence-corrected chi connectivity index (χ4v) is 13.5. The molecule has 4 fully saturated rings. The molecule has 9 nitrogen and oxygen atoms in total. The molecule has 65 heavy (non-hydrogen) atoms.